The molecule has 0 spiro atoms. The summed E-state index contributed by atoms with van der Waals surface area (Å²) in [5, 5.41) is 0. The summed E-state index contributed by atoms with van der Waals surface area (Å²) in [6.45, 7) is 0. The number of amides is 1. The molecule has 0 fully saturated rings. The summed E-state index contributed by atoms with van der Waals surface area (Å²) >= 11 is 0. The molecule has 17 heavy (non-hydrogen) atoms. The highest BCUT2D eigenvalue weighted by atomic mass is 16.1. The van der Waals surface area contributed by atoms with E-state index in [2.05, 4.69) is 5.92 Å². The van der Waals surface area contributed by atoms with Crippen LogP contribution in [0.2, 0.25) is 0 Å². The zero-order valence-electron chi connectivity index (χ0n) is 9.18. The number of benzene rings is 2. The lowest BCUT2D eigenvalue weighted by atomic mass is 10.0. The van der Waals surface area contributed by atoms with Crippen molar-refractivity contribution < 1.29 is 4.79 Å². The van der Waals surface area contributed by atoms with E-state index in [1.165, 1.54) is 0 Å². The van der Waals surface area contributed by atoms with Crippen LogP contribution in [0.5, 0.6) is 0 Å². The molecule has 2 aromatic rings. The quantitative estimate of drug-likeness (QED) is 0.777. The molecule has 0 saturated heterocycles. The highest BCUT2D eigenvalue weighted by Gasteiger charge is 2.02. The van der Waals surface area contributed by atoms with Gasteiger partial charge in [-0.3, -0.25) is 4.79 Å². The van der Waals surface area contributed by atoms with Gasteiger partial charge in [-0.1, -0.05) is 30.2 Å². The van der Waals surface area contributed by atoms with Gasteiger partial charge in [0.2, 0.25) is 5.91 Å². The maximum absolute atomic E-state index is 11.1. The van der Waals surface area contributed by atoms with Crippen molar-refractivity contribution in [2.24, 2.45) is 5.73 Å². The maximum atomic E-state index is 11.1. The first kappa shape index (κ1) is 11.0. The van der Waals surface area contributed by atoms with E-state index in [0.29, 0.717) is 5.56 Å². The molecule has 0 unspecified atom stereocenters. The molecule has 2 nitrogen and oxygen atoms in total. The average Bonchev–Trinajstić information content (AvgIpc) is 2.39. The number of carbonyl (C=O) groups excluding carboxylic acids is 1. The Morgan fingerprint density at radius 3 is 2.35 bits per heavy atom. The molecule has 0 saturated carbocycles. The normalized spacial score (nSPS) is 9.59. The summed E-state index contributed by atoms with van der Waals surface area (Å²) in [4.78, 5) is 11.1. The predicted octanol–water partition coefficient (Wildman–Crippen LogP) is 2.43. The number of hydrogen-bond acceptors (Lipinski definition) is 1. The van der Waals surface area contributed by atoms with Crippen LogP contribution in [-0.4, -0.2) is 5.91 Å². The third kappa shape index (κ3) is 2.35. The summed E-state index contributed by atoms with van der Waals surface area (Å²) in [6.07, 6.45) is 5.29. The van der Waals surface area contributed by atoms with E-state index in [-0.39, 0.29) is 0 Å². The second-order valence-corrected chi connectivity index (χ2v) is 3.67. The Morgan fingerprint density at radius 1 is 1.06 bits per heavy atom. The summed E-state index contributed by atoms with van der Waals surface area (Å²) < 4.78 is 0. The molecule has 2 rings (SSSR count). The third-order valence-corrected chi connectivity index (χ3v) is 2.53. The lowest BCUT2D eigenvalue weighted by Crippen LogP contribution is -2.10. The van der Waals surface area contributed by atoms with E-state index in [0.717, 1.165) is 16.7 Å². The van der Waals surface area contributed by atoms with Gasteiger partial charge in [0.15, 0.2) is 0 Å². The van der Waals surface area contributed by atoms with Gasteiger partial charge in [0.25, 0.3) is 0 Å². The van der Waals surface area contributed by atoms with Crippen molar-refractivity contribution in [1.29, 1.82) is 0 Å². The van der Waals surface area contributed by atoms with E-state index in [4.69, 9.17) is 12.2 Å². The van der Waals surface area contributed by atoms with Crippen LogP contribution >= 0.6 is 0 Å². The summed E-state index contributed by atoms with van der Waals surface area (Å²) in [5.41, 5.74) is 8.53. The highest BCUT2D eigenvalue weighted by Crippen LogP contribution is 2.20. The zero-order chi connectivity index (χ0) is 12.3. The molecule has 2 heteroatoms. The number of hydrogen-bond donors (Lipinski definition) is 1. The molecule has 0 aliphatic carbocycles. The molecule has 82 valence electrons. The number of nitrogens with two attached hydrogens (primary N) is 1. The maximum Gasteiger partial charge on any atom is 0.248 e. The van der Waals surface area contributed by atoms with Crippen LogP contribution in [0.3, 0.4) is 0 Å². The van der Waals surface area contributed by atoms with Gasteiger partial charge in [-0.05, 0) is 35.4 Å². The van der Waals surface area contributed by atoms with Gasteiger partial charge in [0.05, 0.1) is 0 Å². The minimum Gasteiger partial charge on any atom is -0.366 e. The summed E-state index contributed by atoms with van der Waals surface area (Å²) in [7, 11) is 0. The fraction of sp³-hybridized carbons (Fsp3) is 0. The highest BCUT2D eigenvalue weighted by molar-refractivity contribution is 5.94. The minimum absolute atomic E-state index is 0.424. The van der Waals surface area contributed by atoms with Gasteiger partial charge >= 0.3 is 0 Å². The van der Waals surface area contributed by atoms with Crippen LogP contribution in [0.4, 0.5) is 0 Å². The molecule has 0 aliphatic heterocycles. The molecule has 0 radical (unpaired) electrons. The average molecular weight is 221 g/mol. The zero-order valence-corrected chi connectivity index (χ0v) is 9.18. The van der Waals surface area contributed by atoms with Crippen molar-refractivity contribution in [2.75, 3.05) is 0 Å². The Balaban J connectivity index is 2.42. The second kappa shape index (κ2) is 4.54. The molecule has 2 aromatic carbocycles. The lowest BCUT2D eigenvalue weighted by Gasteiger charge is -2.03. The van der Waals surface area contributed by atoms with Crippen molar-refractivity contribution in [3.8, 4) is 23.5 Å². The number of terminal acetylenes is 1. The molecule has 0 bridgehead atoms. The summed E-state index contributed by atoms with van der Waals surface area (Å²) in [6, 6.07) is 14.8. The van der Waals surface area contributed by atoms with Crippen LogP contribution < -0.4 is 5.73 Å². The second-order valence-electron chi connectivity index (χ2n) is 3.67. The molecule has 0 aromatic heterocycles. The van der Waals surface area contributed by atoms with E-state index in [9.17, 15) is 4.79 Å². The number of carbonyl (C=O) groups is 1. The van der Waals surface area contributed by atoms with Gasteiger partial charge in [0.1, 0.15) is 0 Å². The standard InChI is InChI=1S/C15H11NO/c1-2-11-6-8-12(9-7-11)13-4-3-5-14(10-13)15(16)17/h1,3-10H,(H2,16,17). The van der Waals surface area contributed by atoms with Crippen LogP contribution in [0.1, 0.15) is 15.9 Å². The van der Waals surface area contributed by atoms with Crippen molar-refractivity contribution in [1.82, 2.24) is 0 Å². The molecular weight excluding hydrogens is 210 g/mol. The number of rotatable bonds is 2. The fourth-order valence-electron chi connectivity index (χ4n) is 1.61. The van der Waals surface area contributed by atoms with Crippen LogP contribution in [-0.2, 0) is 0 Å². The largest absolute Gasteiger partial charge is 0.366 e. The Morgan fingerprint density at radius 2 is 1.76 bits per heavy atom. The molecule has 0 heterocycles. The Labute approximate surface area is 100 Å². The fourth-order valence-corrected chi connectivity index (χ4v) is 1.61. The lowest BCUT2D eigenvalue weighted by molar-refractivity contribution is 0.100. The van der Waals surface area contributed by atoms with Gasteiger partial charge in [-0.25, -0.2) is 0 Å². The van der Waals surface area contributed by atoms with Gasteiger partial charge in [-0.2, -0.15) is 0 Å². The molecule has 1 amide bonds. The predicted molar refractivity (Wildman–Crippen MR) is 68.3 cm³/mol. The van der Waals surface area contributed by atoms with Crippen LogP contribution in [0, 0.1) is 12.3 Å². The first-order valence-electron chi connectivity index (χ1n) is 5.17. The Bertz CT molecular complexity index is 591. The van der Waals surface area contributed by atoms with Crippen LogP contribution in [0.25, 0.3) is 11.1 Å². The monoisotopic (exact) mass is 221 g/mol. The Hall–Kier alpha value is -2.53. The summed E-state index contributed by atoms with van der Waals surface area (Å²) in [5.74, 6) is 2.14. The van der Waals surface area contributed by atoms with Gasteiger partial charge in [-0.15, -0.1) is 6.42 Å². The van der Waals surface area contributed by atoms with Crippen LogP contribution in [0.15, 0.2) is 48.5 Å². The molecule has 0 atom stereocenters. The SMILES string of the molecule is C#Cc1ccc(-c2cccc(C(N)=O)c2)cc1. The van der Waals surface area contributed by atoms with Crippen molar-refractivity contribution in [2.45, 2.75) is 0 Å². The van der Waals surface area contributed by atoms with E-state index in [1.54, 1.807) is 12.1 Å². The first-order chi connectivity index (χ1) is 8.20. The third-order valence-electron chi connectivity index (χ3n) is 2.53. The van der Waals surface area contributed by atoms with E-state index >= 15 is 0 Å². The van der Waals surface area contributed by atoms with Crippen molar-refractivity contribution >= 4 is 5.91 Å². The molecular formula is C15H11NO. The molecule has 2 N–H and O–H groups in total. The topological polar surface area (TPSA) is 43.1 Å². The minimum atomic E-state index is -0.424. The number of primary amides is 1. The van der Waals surface area contributed by atoms with Crippen molar-refractivity contribution in [3.63, 3.8) is 0 Å². The van der Waals surface area contributed by atoms with E-state index in [1.807, 2.05) is 36.4 Å². The van der Waals surface area contributed by atoms with Crippen molar-refractivity contribution in [3.05, 3.63) is 59.7 Å². The van der Waals surface area contributed by atoms with Gasteiger partial charge in [0, 0.05) is 11.1 Å². The van der Waals surface area contributed by atoms with E-state index < -0.39 is 5.91 Å². The first-order valence-corrected chi connectivity index (χ1v) is 5.17. The smallest absolute Gasteiger partial charge is 0.248 e. The van der Waals surface area contributed by atoms with Gasteiger partial charge < -0.3 is 5.73 Å². The molecule has 0 aliphatic rings. The Kier molecular flexibility index (Phi) is 2.93.